The van der Waals surface area contributed by atoms with E-state index in [1.165, 1.54) is 50.2 Å². The number of benzene rings is 4. The van der Waals surface area contributed by atoms with E-state index >= 15 is 0 Å². The summed E-state index contributed by atoms with van der Waals surface area (Å²) in [5.74, 6) is -0.777. The van der Waals surface area contributed by atoms with Crippen molar-refractivity contribution in [3.05, 3.63) is 222 Å². The van der Waals surface area contributed by atoms with Gasteiger partial charge < -0.3 is 5.11 Å². The molecular formula is C56H66Br3IO3S4. The van der Waals surface area contributed by atoms with Gasteiger partial charge in [-0.1, -0.05) is 108 Å². The number of carboxylic acids is 1. The second-order valence-electron chi connectivity index (χ2n) is 14.7. The maximum absolute atomic E-state index is 12.2. The van der Waals surface area contributed by atoms with Crippen molar-refractivity contribution in [1.29, 1.82) is 0 Å². The smallest absolute Gasteiger partial charge is 0.335 e. The van der Waals surface area contributed by atoms with E-state index in [-0.39, 0.29) is 35.5 Å². The quantitative estimate of drug-likeness (QED) is 0.128. The third-order valence-electron chi connectivity index (χ3n) is 9.45. The highest BCUT2D eigenvalue weighted by atomic mass is 127. The Hall–Kier alpha value is -3.01. The molecule has 0 saturated heterocycles. The van der Waals surface area contributed by atoms with Crippen molar-refractivity contribution in [2.75, 3.05) is 0 Å². The van der Waals surface area contributed by atoms with Crippen LogP contribution in [0.2, 0.25) is 0 Å². The lowest BCUT2D eigenvalue weighted by Gasteiger charge is -2.04. The summed E-state index contributed by atoms with van der Waals surface area (Å²) in [4.78, 5) is 31.8. The highest BCUT2D eigenvalue weighted by molar-refractivity contribution is 14.1. The van der Waals surface area contributed by atoms with Crippen molar-refractivity contribution >= 4 is 127 Å². The highest BCUT2D eigenvalue weighted by Crippen LogP contribution is 2.26. The van der Waals surface area contributed by atoms with Crippen LogP contribution in [0, 0.1) is 59.0 Å². The monoisotopic (exact) mass is 1280 g/mol. The van der Waals surface area contributed by atoms with Crippen LogP contribution in [0.3, 0.4) is 0 Å². The highest BCUT2D eigenvalue weighted by Gasteiger charge is 2.14. The van der Waals surface area contributed by atoms with E-state index < -0.39 is 5.97 Å². The van der Waals surface area contributed by atoms with E-state index in [0.29, 0.717) is 5.56 Å². The number of carboxylic acid groups (broad SMARTS) is 1. The molecular weight excluding hydrogens is 1220 g/mol. The first-order chi connectivity index (χ1) is 29.9. The summed E-state index contributed by atoms with van der Waals surface area (Å²) < 4.78 is 4.22. The number of halogens is 4. The van der Waals surface area contributed by atoms with Crippen LogP contribution in [0.5, 0.6) is 0 Å². The SMILES string of the molecule is C.C.C.C.Cc1ccc(Br)cc1C(=O)O.Cc1ccc(C(=O)c2cc(Br)ccc2C)s1.Cc1ccc(Cc2cc(Br)ccc2C)s1.Cc1ccc(Cc2cc(I)ccc2C)s1.Cc1cccs1. The Morgan fingerprint density at radius 1 is 0.493 bits per heavy atom. The van der Waals surface area contributed by atoms with Crippen LogP contribution < -0.4 is 0 Å². The van der Waals surface area contributed by atoms with Gasteiger partial charge in [-0.3, -0.25) is 4.79 Å². The van der Waals surface area contributed by atoms with Gasteiger partial charge in [0, 0.05) is 64.7 Å². The van der Waals surface area contributed by atoms with Crippen molar-refractivity contribution in [1.82, 2.24) is 0 Å². The minimum Gasteiger partial charge on any atom is -0.478 e. The van der Waals surface area contributed by atoms with E-state index in [0.717, 1.165) is 52.7 Å². The van der Waals surface area contributed by atoms with Gasteiger partial charge >= 0.3 is 5.97 Å². The van der Waals surface area contributed by atoms with Gasteiger partial charge in [-0.15, -0.1) is 45.3 Å². The number of carbonyl (C=O) groups excluding carboxylic acids is 1. The summed E-state index contributed by atoms with van der Waals surface area (Å²) in [7, 11) is 0. The van der Waals surface area contributed by atoms with E-state index in [1.54, 1.807) is 41.7 Å². The second kappa shape index (κ2) is 32.0. The van der Waals surface area contributed by atoms with E-state index in [9.17, 15) is 9.59 Å². The lowest BCUT2D eigenvalue weighted by molar-refractivity contribution is 0.0695. The lowest BCUT2D eigenvalue weighted by Crippen LogP contribution is -2.01. The first kappa shape index (κ1) is 64.0. The summed E-state index contributed by atoms with van der Waals surface area (Å²) in [5.41, 5.74) is 8.52. The van der Waals surface area contributed by atoms with Crippen molar-refractivity contribution in [2.24, 2.45) is 0 Å². The van der Waals surface area contributed by atoms with Crippen LogP contribution in [-0.4, -0.2) is 16.9 Å². The average molecular weight is 1280 g/mol. The number of thiophene rings is 4. The Labute approximate surface area is 457 Å². The molecule has 0 aliphatic carbocycles. The molecule has 4 heterocycles. The van der Waals surface area contributed by atoms with Gasteiger partial charge in [0.05, 0.1) is 10.4 Å². The van der Waals surface area contributed by atoms with Crippen molar-refractivity contribution < 1.29 is 14.7 Å². The molecule has 0 radical (unpaired) electrons. The fourth-order valence-corrected chi connectivity index (χ4v) is 10.8. The minimum atomic E-state index is -0.885. The molecule has 0 saturated carbocycles. The summed E-state index contributed by atoms with van der Waals surface area (Å²) in [6, 6.07) is 41.0. The third-order valence-corrected chi connectivity index (χ3v) is 15.4. The number of ketones is 1. The Morgan fingerprint density at radius 3 is 1.33 bits per heavy atom. The van der Waals surface area contributed by atoms with Gasteiger partial charge in [0.1, 0.15) is 0 Å². The Balaban J connectivity index is 0.000000821. The van der Waals surface area contributed by atoms with Crippen LogP contribution in [0.15, 0.2) is 140 Å². The number of hydrogen-bond donors (Lipinski definition) is 1. The van der Waals surface area contributed by atoms with Crippen molar-refractivity contribution in [3.8, 4) is 0 Å². The molecule has 4 aromatic heterocycles. The lowest BCUT2D eigenvalue weighted by atomic mass is 10.0. The van der Waals surface area contributed by atoms with Gasteiger partial charge in [0.25, 0.3) is 0 Å². The van der Waals surface area contributed by atoms with E-state index in [4.69, 9.17) is 5.11 Å². The minimum absolute atomic E-state index is 0. The molecule has 0 amide bonds. The molecule has 8 rings (SSSR count). The Kier molecular flexibility index (Phi) is 30.6. The Bertz CT molecular complexity index is 2640. The van der Waals surface area contributed by atoms with Gasteiger partial charge in [-0.05, 0) is 208 Å². The summed E-state index contributed by atoms with van der Waals surface area (Å²) in [5, 5.41) is 10.7. The topological polar surface area (TPSA) is 54.4 Å². The zero-order chi connectivity index (χ0) is 46.2. The van der Waals surface area contributed by atoms with E-state index in [1.807, 2.05) is 72.9 Å². The van der Waals surface area contributed by atoms with Gasteiger partial charge in [0.2, 0.25) is 5.78 Å². The van der Waals surface area contributed by atoms with Gasteiger partial charge in [0.15, 0.2) is 0 Å². The largest absolute Gasteiger partial charge is 0.478 e. The van der Waals surface area contributed by atoms with Gasteiger partial charge in [-0.2, -0.15) is 0 Å². The summed E-state index contributed by atoms with van der Waals surface area (Å²) in [6.07, 6.45) is 2.12. The maximum atomic E-state index is 12.2. The molecule has 11 heteroatoms. The van der Waals surface area contributed by atoms with Crippen LogP contribution in [-0.2, 0) is 12.8 Å². The predicted octanol–water partition coefficient (Wildman–Crippen LogP) is 20.7. The fraction of sp³-hybridized carbons (Fsp3) is 0.250. The van der Waals surface area contributed by atoms with Crippen LogP contribution in [0.4, 0.5) is 0 Å². The predicted molar refractivity (Wildman–Crippen MR) is 320 cm³/mol. The molecule has 0 atom stereocenters. The molecule has 4 aromatic carbocycles. The molecule has 0 aliphatic heterocycles. The van der Waals surface area contributed by atoms with E-state index in [2.05, 4.69) is 183 Å². The molecule has 8 aromatic rings. The molecule has 0 unspecified atom stereocenters. The maximum Gasteiger partial charge on any atom is 0.335 e. The fourth-order valence-electron chi connectivity index (χ4n) is 5.91. The Morgan fingerprint density at radius 2 is 0.925 bits per heavy atom. The molecule has 3 nitrogen and oxygen atoms in total. The molecule has 360 valence electrons. The standard InChI is InChI=1S/C13H11BrOS.C13H13BrS.C13H13IS.C8H7BrO2.C5H6S.4CH4/c1-8-3-5-10(14)7-11(8)13(15)12-6-4-9(2)16-12;2*1-9-3-5-12(14)7-11(9)8-13-6-4-10(2)15-13;1-5-2-3-6(9)4-7(5)8(10)11;1-5-3-2-4-6-5;;;;/h3-7H,1-2H3;2*3-7H,8H2,1-2H3;2-4H,1H3,(H,10,11);2-4H,1H3;4*1H4. The summed E-state index contributed by atoms with van der Waals surface area (Å²) >= 11 is 19.6. The van der Waals surface area contributed by atoms with Crippen LogP contribution >= 0.6 is 116 Å². The van der Waals surface area contributed by atoms with Crippen molar-refractivity contribution in [3.63, 3.8) is 0 Å². The second-order valence-corrected chi connectivity index (χ2v) is 23.9. The molecule has 67 heavy (non-hydrogen) atoms. The normalized spacial score (nSPS) is 9.61. The van der Waals surface area contributed by atoms with Crippen LogP contribution in [0.25, 0.3) is 0 Å². The zero-order valence-electron chi connectivity index (χ0n) is 36.4. The average Bonchev–Trinajstić information content (AvgIpc) is 4.08. The number of carbonyl (C=O) groups is 2. The van der Waals surface area contributed by atoms with Crippen LogP contribution in [0.1, 0.15) is 118 Å². The molecule has 0 spiro atoms. The van der Waals surface area contributed by atoms with Gasteiger partial charge in [-0.25, -0.2) is 4.79 Å². The number of aryl methyl sites for hydroxylation is 8. The summed E-state index contributed by atoms with van der Waals surface area (Å²) in [6.45, 7) is 16.5. The molecule has 0 aliphatic rings. The molecule has 0 fully saturated rings. The third kappa shape index (κ3) is 22.1. The zero-order valence-corrected chi connectivity index (χ0v) is 46.6. The molecule has 0 bridgehead atoms. The number of aromatic carboxylic acids is 1. The first-order valence-electron chi connectivity index (χ1n) is 19.9. The molecule has 1 N–H and O–H groups in total. The first-order valence-corrected chi connectivity index (χ1v) is 26.6. The number of hydrogen-bond acceptors (Lipinski definition) is 6. The number of rotatable bonds is 7. The van der Waals surface area contributed by atoms with Crippen molar-refractivity contribution in [2.45, 2.75) is 97.9 Å².